The molecule has 0 saturated carbocycles. The molecule has 1 atom stereocenters. The van der Waals surface area contributed by atoms with Crippen LogP contribution >= 0.6 is 11.8 Å². The quantitative estimate of drug-likeness (QED) is 0.0913. The number of phenols is 1. The van der Waals surface area contributed by atoms with Gasteiger partial charge in [-0.05, 0) is 42.1 Å². The Balaban J connectivity index is 2.36. The number of benzene rings is 1. The summed E-state index contributed by atoms with van der Waals surface area (Å²) in [6.45, 7) is 16.3. The van der Waals surface area contributed by atoms with E-state index in [1.165, 1.54) is 57.8 Å². The summed E-state index contributed by atoms with van der Waals surface area (Å²) in [6.07, 6.45) is 13.1. The monoisotopic (exact) mass is 549 g/mol. The van der Waals surface area contributed by atoms with Gasteiger partial charge in [0.15, 0.2) is 0 Å². The maximum absolute atomic E-state index is 12.6. The van der Waals surface area contributed by atoms with Crippen LogP contribution in [0.5, 0.6) is 5.75 Å². The van der Waals surface area contributed by atoms with E-state index in [0.717, 1.165) is 23.3 Å². The van der Waals surface area contributed by atoms with E-state index in [1.54, 1.807) is 11.8 Å². The summed E-state index contributed by atoms with van der Waals surface area (Å²) in [7, 11) is 0. The summed E-state index contributed by atoms with van der Waals surface area (Å²) in [4.78, 5) is 25.0. The van der Waals surface area contributed by atoms with Crippen molar-refractivity contribution in [2.45, 2.75) is 136 Å². The number of carbonyl (C=O) groups excluding carboxylic acids is 2. The third-order valence-electron chi connectivity index (χ3n) is 6.71. The van der Waals surface area contributed by atoms with Gasteiger partial charge in [0.1, 0.15) is 5.75 Å². The molecule has 0 radical (unpaired) electrons. The number of nitrogens with one attached hydrogen (secondary N) is 3. The highest BCUT2D eigenvalue weighted by molar-refractivity contribution is 8.00. The molecule has 0 fully saturated rings. The normalized spacial score (nSPS) is 12.8. The van der Waals surface area contributed by atoms with Gasteiger partial charge in [0.25, 0.3) is 0 Å². The summed E-state index contributed by atoms with van der Waals surface area (Å²) < 4.78 is 0. The molecule has 0 aromatic heterocycles. The third kappa shape index (κ3) is 13.4. The fraction of sp³-hybridized carbons (Fsp3) is 0.742. The lowest BCUT2D eigenvalue weighted by Gasteiger charge is -2.28. The lowest BCUT2D eigenvalue weighted by atomic mass is 9.79. The molecule has 1 aromatic rings. The van der Waals surface area contributed by atoms with E-state index in [4.69, 9.17) is 0 Å². The molecule has 0 spiro atoms. The second-order valence-electron chi connectivity index (χ2n) is 12.5. The van der Waals surface area contributed by atoms with Crippen molar-refractivity contribution < 1.29 is 14.7 Å². The second kappa shape index (κ2) is 17.1. The number of hydrogen-bond acceptors (Lipinski definition) is 5. The molecule has 2 amide bonds. The zero-order chi connectivity index (χ0) is 28.8. The van der Waals surface area contributed by atoms with Crippen LogP contribution in [0.4, 0.5) is 5.69 Å². The van der Waals surface area contributed by atoms with Crippen molar-refractivity contribution in [2.75, 3.05) is 17.6 Å². The Morgan fingerprint density at radius 2 is 1.32 bits per heavy atom. The van der Waals surface area contributed by atoms with Gasteiger partial charge in [0, 0.05) is 16.8 Å². The van der Waals surface area contributed by atoms with Crippen LogP contribution in [-0.2, 0) is 20.4 Å². The van der Waals surface area contributed by atoms with Gasteiger partial charge >= 0.3 is 0 Å². The van der Waals surface area contributed by atoms with Crippen molar-refractivity contribution in [2.24, 2.45) is 0 Å². The van der Waals surface area contributed by atoms with Crippen molar-refractivity contribution in [3.05, 3.63) is 23.3 Å². The molecule has 0 aliphatic heterocycles. The molecule has 0 aliphatic carbocycles. The predicted octanol–water partition coefficient (Wildman–Crippen LogP) is 7.59. The first-order valence-corrected chi connectivity index (χ1v) is 15.6. The van der Waals surface area contributed by atoms with E-state index in [-0.39, 0.29) is 40.2 Å². The summed E-state index contributed by atoms with van der Waals surface area (Å²) in [5.74, 6) is 0.863. The largest absolute Gasteiger partial charge is 0.507 e. The number of rotatable bonds is 17. The highest BCUT2D eigenvalue weighted by atomic mass is 32.2. The summed E-state index contributed by atoms with van der Waals surface area (Å²) in [5.41, 5.74) is 7.07. The molecule has 1 rings (SSSR count). The molecule has 0 saturated heterocycles. The average molecular weight is 550 g/mol. The Morgan fingerprint density at radius 3 is 1.79 bits per heavy atom. The van der Waals surface area contributed by atoms with Crippen molar-refractivity contribution >= 4 is 29.3 Å². The molecular weight excluding hydrogens is 494 g/mol. The Kier molecular flexibility index (Phi) is 15.4. The maximum atomic E-state index is 12.6. The van der Waals surface area contributed by atoms with Crippen molar-refractivity contribution in [3.8, 4) is 5.75 Å². The molecule has 0 heterocycles. The third-order valence-corrected chi connectivity index (χ3v) is 7.94. The maximum Gasteiger partial charge on any atom is 0.246 e. The van der Waals surface area contributed by atoms with Gasteiger partial charge in [-0.2, -0.15) is 0 Å². The fourth-order valence-corrected chi connectivity index (χ4v) is 5.23. The molecule has 0 aliphatic rings. The van der Waals surface area contributed by atoms with E-state index < -0.39 is 0 Å². The van der Waals surface area contributed by atoms with Crippen LogP contribution in [0.1, 0.15) is 131 Å². The predicted molar refractivity (Wildman–Crippen MR) is 164 cm³/mol. The number of hydrazine groups is 1. The van der Waals surface area contributed by atoms with E-state index in [2.05, 4.69) is 23.1 Å². The first-order valence-electron chi connectivity index (χ1n) is 14.6. The molecule has 7 heteroatoms. The Hall–Kier alpha value is -1.73. The minimum absolute atomic E-state index is 0.0435. The zero-order valence-corrected chi connectivity index (χ0v) is 26.2. The van der Waals surface area contributed by atoms with Crippen LogP contribution in [-0.4, -0.2) is 34.5 Å². The van der Waals surface area contributed by atoms with Gasteiger partial charge < -0.3 is 10.4 Å². The number of aromatic hydroxyl groups is 1. The Morgan fingerprint density at radius 1 is 0.842 bits per heavy atom. The van der Waals surface area contributed by atoms with Crippen molar-refractivity contribution in [3.63, 3.8) is 0 Å². The Bertz CT molecular complexity index is 824. The van der Waals surface area contributed by atoms with Gasteiger partial charge in [-0.15, -0.1) is 11.8 Å². The first-order chi connectivity index (χ1) is 17.8. The summed E-state index contributed by atoms with van der Waals surface area (Å²) in [5, 5.41) is 13.6. The molecule has 4 N–H and O–H groups in total. The van der Waals surface area contributed by atoms with E-state index in [0.29, 0.717) is 5.69 Å². The van der Waals surface area contributed by atoms with Crippen LogP contribution in [0.2, 0.25) is 0 Å². The van der Waals surface area contributed by atoms with Crippen LogP contribution in [0.25, 0.3) is 0 Å². The molecule has 1 aromatic carbocycles. The molecule has 218 valence electrons. The van der Waals surface area contributed by atoms with Gasteiger partial charge in [0.05, 0.1) is 11.8 Å². The number of unbranched alkanes of at least 4 members (excludes halogenated alkanes) is 9. The minimum atomic E-state index is -0.279. The molecule has 6 nitrogen and oxygen atoms in total. The highest BCUT2D eigenvalue weighted by Crippen LogP contribution is 2.41. The molecule has 0 bridgehead atoms. The number of thioether (sulfide) groups is 1. The lowest BCUT2D eigenvalue weighted by Crippen LogP contribution is -2.45. The zero-order valence-electron chi connectivity index (χ0n) is 25.4. The van der Waals surface area contributed by atoms with Gasteiger partial charge in [-0.3, -0.25) is 15.0 Å². The molecule has 1 unspecified atom stereocenters. The standard InChI is InChI=1S/C31H55N3O3S/c1-9-10-11-12-13-14-15-16-17-18-19-38-23(2)29(37)34-32-22-27(35)33-24-20-25(30(3,4)5)28(36)26(21-24)31(6,7)8/h20-21,23,32,36H,9-19,22H2,1-8H3,(H,33,35)(H,34,37). The van der Waals surface area contributed by atoms with E-state index in [1.807, 2.05) is 60.6 Å². The van der Waals surface area contributed by atoms with Crippen LogP contribution < -0.4 is 16.2 Å². The van der Waals surface area contributed by atoms with Gasteiger partial charge in [-0.1, -0.05) is 106 Å². The van der Waals surface area contributed by atoms with E-state index >= 15 is 0 Å². The summed E-state index contributed by atoms with van der Waals surface area (Å²) >= 11 is 1.66. The van der Waals surface area contributed by atoms with Crippen LogP contribution in [0.15, 0.2) is 12.1 Å². The van der Waals surface area contributed by atoms with Gasteiger partial charge in [-0.25, -0.2) is 5.43 Å². The number of carbonyl (C=O) groups is 2. The van der Waals surface area contributed by atoms with Crippen molar-refractivity contribution in [1.29, 1.82) is 0 Å². The number of anilines is 1. The minimum Gasteiger partial charge on any atom is -0.507 e. The topological polar surface area (TPSA) is 90.5 Å². The average Bonchev–Trinajstić information content (AvgIpc) is 2.81. The van der Waals surface area contributed by atoms with E-state index in [9.17, 15) is 14.7 Å². The van der Waals surface area contributed by atoms with Crippen LogP contribution in [0, 0.1) is 0 Å². The smallest absolute Gasteiger partial charge is 0.246 e. The lowest BCUT2D eigenvalue weighted by molar-refractivity contribution is -0.121. The van der Waals surface area contributed by atoms with Crippen LogP contribution in [0.3, 0.4) is 0 Å². The molecule has 38 heavy (non-hydrogen) atoms. The Labute approximate surface area is 236 Å². The van der Waals surface area contributed by atoms with Crippen molar-refractivity contribution in [1.82, 2.24) is 10.9 Å². The first kappa shape index (κ1) is 34.3. The number of hydrogen-bond donors (Lipinski definition) is 4. The second-order valence-corrected chi connectivity index (χ2v) is 14.0. The van der Waals surface area contributed by atoms with Gasteiger partial charge in [0.2, 0.25) is 11.8 Å². The number of phenolic OH excluding ortho intramolecular Hbond substituents is 1. The molecular formula is C31H55N3O3S. The number of amides is 2. The SMILES string of the molecule is CCCCCCCCCCCCSC(C)C(=O)NNCC(=O)Nc1cc(C(C)(C)C)c(O)c(C(C)(C)C)c1. The highest BCUT2D eigenvalue weighted by Gasteiger charge is 2.27. The fourth-order valence-electron chi connectivity index (χ4n) is 4.29. The summed E-state index contributed by atoms with van der Waals surface area (Å²) in [6, 6.07) is 3.65.